The van der Waals surface area contributed by atoms with Crippen LogP contribution in [0.2, 0.25) is 5.02 Å². The van der Waals surface area contributed by atoms with Gasteiger partial charge < -0.3 is 29.6 Å². The molecule has 0 radical (unpaired) electrons. The molecule has 0 aromatic heterocycles. The lowest BCUT2D eigenvalue weighted by Gasteiger charge is -2.20. The summed E-state index contributed by atoms with van der Waals surface area (Å²) in [6, 6.07) is 15.3. The molecule has 0 bridgehead atoms. The van der Waals surface area contributed by atoms with Gasteiger partial charge in [-0.3, -0.25) is 9.59 Å². The third-order valence-corrected chi connectivity index (χ3v) is 5.38. The quantitative estimate of drug-likeness (QED) is 0.583. The summed E-state index contributed by atoms with van der Waals surface area (Å²) in [6.45, 7) is 0.999. The molecule has 0 saturated carbocycles. The number of halogens is 1. The highest BCUT2D eigenvalue weighted by Crippen LogP contribution is 2.38. The van der Waals surface area contributed by atoms with Crippen LogP contribution in [0.3, 0.4) is 0 Å². The van der Waals surface area contributed by atoms with Gasteiger partial charge in [-0.05, 0) is 42.0 Å². The van der Waals surface area contributed by atoms with Crippen molar-refractivity contribution in [3.8, 4) is 23.0 Å². The number of ether oxygens (including phenoxy) is 4. The summed E-state index contributed by atoms with van der Waals surface area (Å²) in [5.41, 5.74) is 1.94. The Kier molecular flexibility index (Phi) is 5.66. The maximum Gasteiger partial charge on any atom is 0.257 e. The number of carbonyl (C=O) groups excluding carboxylic acids is 2. The Morgan fingerprint density at radius 1 is 0.848 bits per heavy atom. The Morgan fingerprint density at radius 3 is 2.58 bits per heavy atom. The van der Waals surface area contributed by atoms with Crippen molar-refractivity contribution < 1.29 is 28.5 Å². The van der Waals surface area contributed by atoms with E-state index in [0.29, 0.717) is 63.7 Å². The average molecular weight is 467 g/mol. The van der Waals surface area contributed by atoms with E-state index in [-0.39, 0.29) is 25.0 Å². The van der Waals surface area contributed by atoms with Crippen LogP contribution in [0.1, 0.15) is 15.9 Å². The van der Waals surface area contributed by atoms with E-state index in [1.54, 1.807) is 54.6 Å². The first-order chi connectivity index (χ1) is 16.1. The first kappa shape index (κ1) is 21.0. The maximum atomic E-state index is 12.9. The number of anilines is 2. The highest BCUT2D eigenvalue weighted by Gasteiger charge is 2.19. The molecule has 8 nitrogen and oxygen atoms in total. The molecule has 0 unspecified atom stereocenters. The summed E-state index contributed by atoms with van der Waals surface area (Å²) < 4.78 is 21.7. The molecule has 3 aromatic carbocycles. The first-order valence-electron chi connectivity index (χ1n) is 10.2. The van der Waals surface area contributed by atoms with Crippen molar-refractivity contribution >= 4 is 34.8 Å². The lowest BCUT2D eigenvalue weighted by atomic mass is 10.1. The molecule has 33 heavy (non-hydrogen) atoms. The Hall–Kier alpha value is -3.91. The summed E-state index contributed by atoms with van der Waals surface area (Å²) in [6.07, 6.45) is 0.0501. The summed E-state index contributed by atoms with van der Waals surface area (Å²) in [5.74, 6) is 1.52. The molecule has 168 valence electrons. The smallest absolute Gasteiger partial charge is 0.257 e. The lowest BCUT2D eigenvalue weighted by molar-refractivity contribution is -0.115. The van der Waals surface area contributed by atoms with Crippen molar-refractivity contribution in [2.45, 2.75) is 6.42 Å². The topological polar surface area (TPSA) is 95.1 Å². The van der Waals surface area contributed by atoms with Crippen molar-refractivity contribution in [1.82, 2.24) is 0 Å². The van der Waals surface area contributed by atoms with Crippen LogP contribution in [0, 0.1) is 0 Å². The minimum absolute atomic E-state index is 0.0501. The molecule has 2 N–H and O–H groups in total. The molecule has 3 aromatic rings. The third-order valence-electron chi connectivity index (χ3n) is 5.10. The van der Waals surface area contributed by atoms with Crippen LogP contribution in [-0.4, -0.2) is 31.8 Å². The van der Waals surface area contributed by atoms with E-state index in [4.69, 9.17) is 30.5 Å². The van der Waals surface area contributed by atoms with Gasteiger partial charge in [0, 0.05) is 11.8 Å². The van der Waals surface area contributed by atoms with E-state index in [1.165, 1.54) is 0 Å². The van der Waals surface area contributed by atoms with E-state index < -0.39 is 0 Å². The Labute approximate surface area is 194 Å². The zero-order valence-electron chi connectivity index (χ0n) is 17.4. The predicted octanol–water partition coefficient (Wildman–Crippen LogP) is 4.27. The number of para-hydroxylation sites is 1. The average Bonchev–Trinajstić information content (AvgIpc) is 3.27. The molecule has 0 aliphatic carbocycles. The SMILES string of the molecule is O=C(Cc1cc(Cl)c2c(c1)OCCO2)Nc1ccccc1C(=O)Nc1ccc2c(c1)OCO2. The lowest BCUT2D eigenvalue weighted by Crippen LogP contribution is -2.20. The number of carbonyl (C=O) groups is 2. The molecular weight excluding hydrogens is 448 g/mol. The van der Waals surface area contributed by atoms with Crippen molar-refractivity contribution in [2.75, 3.05) is 30.6 Å². The zero-order chi connectivity index (χ0) is 22.8. The van der Waals surface area contributed by atoms with Crippen molar-refractivity contribution in [2.24, 2.45) is 0 Å². The minimum Gasteiger partial charge on any atom is -0.486 e. The van der Waals surface area contributed by atoms with Crippen LogP contribution in [-0.2, 0) is 11.2 Å². The van der Waals surface area contributed by atoms with Crippen LogP contribution in [0.4, 0.5) is 11.4 Å². The molecule has 2 aliphatic rings. The van der Waals surface area contributed by atoms with Crippen LogP contribution in [0.15, 0.2) is 54.6 Å². The van der Waals surface area contributed by atoms with E-state index in [2.05, 4.69) is 10.6 Å². The molecule has 2 aliphatic heterocycles. The van der Waals surface area contributed by atoms with E-state index >= 15 is 0 Å². The number of hydrogen-bond acceptors (Lipinski definition) is 6. The van der Waals surface area contributed by atoms with Crippen LogP contribution < -0.4 is 29.6 Å². The molecule has 5 rings (SSSR count). The predicted molar refractivity (Wildman–Crippen MR) is 122 cm³/mol. The summed E-state index contributed by atoms with van der Waals surface area (Å²) >= 11 is 6.26. The molecule has 2 amide bonds. The molecule has 0 fully saturated rings. The highest BCUT2D eigenvalue weighted by atomic mass is 35.5. The third kappa shape index (κ3) is 4.51. The number of rotatable bonds is 5. The molecule has 0 saturated heterocycles. The Bertz CT molecular complexity index is 1250. The Morgan fingerprint density at radius 2 is 1.67 bits per heavy atom. The van der Waals surface area contributed by atoms with Gasteiger partial charge in [-0.2, -0.15) is 0 Å². The summed E-state index contributed by atoms with van der Waals surface area (Å²) in [5, 5.41) is 6.01. The Balaban J connectivity index is 1.29. The standard InChI is InChI=1S/C24H19ClN2O6/c25-17-9-14(10-21-23(17)31-8-7-30-21)11-22(28)27-18-4-2-1-3-16(18)24(29)26-15-5-6-19-20(12-15)33-13-32-19/h1-6,9-10,12H,7-8,11,13H2,(H,26,29)(H,27,28). The van der Waals surface area contributed by atoms with E-state index in [0.717, 1.165) is 0 Å². The second-order valence-corrected chi connectivity index (χ2v) is 7.80. The van der Waals surface area contributed by atoms with E-state index in [1.807, 2.05) is 0 Å². The molecular formula is C24H19ClN2O6. The van der Waals surface area contributed by atoms with Crippen molar-refractivity contribution in [1.29, 1.82) is 0 Å². The zero-order valence-corrected chi connectivity index (χ0v) is 18.1. The number of hydrogen-bond donors (Lipinski definition) is 2. The molecule has 9 heteroatoms. The summed E-state index contributed by atoms with van der Waals surface area (Å²) in [4.78, 5) is 25.6. The number of benzene rings is 3. The van der Waals surface area contributed by atoms with Crippen molar-refractivity contribution in [3.63, 3.8) is 0 Å². The van der Waals surface area contributed by atoms with Gasteiger partial charge in [-0.1, -0.05) is 23.7 Å². The van der Waals surface area contributed by atoms with Crippen molar-refractivity contribution in [3.05, 3.63) is 70.7 Å². The van der Waals surface area contributed by atoms with Gasteiger partial charge in [0.2, 0.25) is 12.7 Å². The fraction of sp³-hybridized carbons (Fsp3) is 0.167. The number of amides is 2. The van der Waals surface area contributed by atoms with Gasteiger partial charge in [0.15, 0.2) is 23.0 Å². The van der Waals surface area contributed by atoms with Gasteiger partial charge in [0.05, 0.1) is 22.7 Å². The van der Waals surface area contributed by atoms with E-state index in [9.17, 15) is 9.59 Å². The molecule has 0 atom stereocenters. The van der Waals surface area contributed by atoms with Gasteiger partial charge in [0.1, 0.15) is 13.2 Å². The second kappa shape index (κ2) is 8.91. The summed E-state index contributed by atoms with van der Waals surface area (Å²) in [7, 11) is 0. The fourth-order valence-electron chi connectivity index (χ4n) is 3.61. The minimum atomic E-state index is -0.368. The monoisotopic (exact) mass is 466 g/mol. The van der Waals surface area contributed by atoms with Gasteiger partial charge in [-0.25, -0.2) is 0 Å². The van der Waals surface area contributed by atoms with Gasteiger partial charge in [-0.15, -0.1) is 0 Å². The van der Waals surface area contributed by atoms with Gasteiger partial charge >= 0.3 is 0 Å². The molecule has 2 heterocycles. The fourth-order valence-corrected chi connectivity index (χ4v) is 3.90. The van der Waals surface area contributed by atoms with Crippen LogP contribution in [0.5, 0.6) is 23.0 Å². The van der Waals surface area contributed by atoms with Crippen LogP contribution in [0.25, 0.3) is 0 Å². The molecule has 0 spiro atoms. The number of fused-ring (bicyclic) bond motifs is 2. The highest BCUT2D eigenvalue weighted by molar-refractivity contribution is 6.32. The second-order valence-electron chi connectivity index (χ2n) is 7.39. The normalized spacial score (nSPS) is 13.4. The van der Waals surface area contributed by atoms with Gasteiger partial charge in [0.25, 0.3) is 5.91 Å². The largest absolute Gasteiger partial charge is 0.486 e. The van der Waals surface area contributed by atoms with Crippen LogP contribution >= 0.6 is 11.6 Å². The maximum absolute atomic E-state index is 12.9. The number of nitrogens with one attached hydrogen (secondary N) is 2. The first-order valence-corrected chi connectivity index (χ1v) is 10.6.